The van der Waals surface area contributed by atoms with Crippen molar-refractivity contribution in [3.05, 3.63) is 11.6 Å². The van der Waals surface area contributed by atoms with Crippen molar-refractivity contribution in [3.63, 3.8) is 0 Å². The van der Waals surface area contributed by atoms with Gasteiger partial charge in [0, 0.05) is 25.2 Å². The van der Waals surface area contributed by atoms with E-state index >= 15 is 0 Å². The van der Waals surface area contributed by atoms with Crippen LogP contribution in [0.2, 0.25) is 0 Å². The zero-order valence-corrected chi connectivity index (χ0v) is 14.6. The van der Waals surface area contributed by atoms with Crippen molar-refractivity contribution in [2.45, 2.75) is 71.8 Å². The molecule has 4 aliphatic carbocycles. The summed E-state index contributed by atoms with van der Waals surface area (Å²) in [5.41, 5.74) is 1.71. The lowest BCUT2D eigenvalue weighted by atomic mass is 9.55. The molecule has 0 bridgehead atoms. The summed E-state index contributed by atoms with van der Waals surface area (Å²) in [5.74, 6) is 2.13. The van der Waals surface area contributed by atoms with E-state index in [2.05, 4.69) is 19.9 Å². The summed E-state index contributed by atoms with van der Waals surface area (Å²) in [6, 6.07) is 0. The predicted octanol–water partition coefficient (Wildman–Crippen LogP) is 4.06. The number of carbonyl (C=O) groups is 2. The highest BCUT2D eigenvalue weighted by Crippen LogP contribution is 2.65. The monoisotopic (exact) mass is 316 g/mol. The fourth-order valence-electron chi connectivity index (χ4n) is 6.39. The fourth-order valence-corrected chi connectivity index (χ4v) is 6.39. The summed E-state index contributed by atoms with van der Waals surface area (Å²) in [7, 11) is 0. The number of hydrogen-bond acceptors (Lipinski definition) is 3. The number of hydrogen-bond donors (Lipinski definition) is 0. The molecule has 0 aliphatic heterocycles. The van der Waals surface area contributed by atoms with Gasteiger partial charge in [-0.2, -0.15) is 0 Å². The van der Waals surface area contributed by atoms with E-state index in [9.17, 15) is 9.59 Å². The SMILES string of the molecule is CC(=O)O[C@@H]1CC[C@]2(C)C(=C[C@@H]3[C@@H]4CCC(=O)[C@@]4(C)CC[C@@H]32)C1. The van der Waals surface area contributed by atoms with Crippen LogP contribution in [-0.2, 0) is 14.3 Å². The van der Waals surface area contributed by atoms with Gasteiger partial charge in [0.05, 0.1) is 0 Å². The summed E-state index contributed by atoms with van der Waals surface area (Å²) in [4.78, 5) is 23.7. The van der Waals surface area contributed by atoms with E-state index in [1.165, 1.54) is 18.9 Å². The minimum absolute atomic E-state index is 0.0589. The molecule has 0 N–H and O–H groups in total. The summed E-state index contributed by atoms with van der Waals surface area (Å²) < 4.78 is 5.49. The number of fused-ring (bicyclic) bond motifs is 5. The molecule has 0 saturated heterocycles. The van der Waals surface area contributed by atoms with Crippen LogP contribution in [0.4, 0.5) is 0 Å². The topological polar surface area (TPSA) is 43.4 Å². The molecule has 4 rings (SSSR count). The highest BCUT2D eigenvalue weighted by Gasteiger charge is 2.59. The fraction of sp³-hybridized carbons (Fsp3) is 0.800. The van der Waals surface area contributed by atoms with E-state index in [1.54, 1.807) is 0 Å². The molecule has 0 amide bonds. The van der Waals surface area contributed by atoms with Gasteiger partial charge >= 0.3 is 5.97 Å². The smallest absolute Gasteiger partial charge is 0.302 e. The van der Waals surface area contributed by atoms with Crippen LogP contribution in [0.3, 0.4) is 0 Å². The van der Waals surface area contributed by atoms with Gasteiger partial charge in [0.1, 0.15) is 11.9 Å². The van der Waals surface area contributed by atoms with Crippen LogP contribution in [-0.4, -0.2) is 17.9 Å². The van der Waals surface area contributed by atoms with E-state index in [1.807, 2.05) is 0 Å². The molecule has 126 valence electrons. The highest BCUT2D eigenvalue weighted by molar-refractivity contribution is 5.87. The van der Waals surface area contributed by atoms with E-state index in [0.29, 0.717) is 23.5 Å². The molecule has 0 aromatic rings. The van der Waals surface area contributed by atoms with Crippen molar-refractivity contribution in [2.24, 2.45) is 28.6 Å². The van der Waals surface area contributed by atoms with E-state index < -0.39 is 0 Å². The van der Waals surface area contributed by atoms with Gasteiger partial charge in [-0.15, -0.1) is 0 Å². The average molecular weight is 316 g/mol. The van der Waals surface area contributed by atoms with Crippen LogP contribution in [0, 0.1) is 28.6 Å². The van der Waals surface area contributed by atoms with Crippen LogP contribution in [0.15, 0.2) is 11.6 Å². The van der Waals surface area contributed by atoms with Crippen LogP contribution in [0.5, 0.6) is 0 Å². The third-order valence-corrected chi connectivity index (χ3v) is 7.75. The molecule has 0 unspecified atom stereocenters. The molecule has 6 atom stereocenters. The molecule has 3 heteroatoms. The second-order valence-electron chi connectivity index (χ2n) is 8.79. The van der Waals surface area contributed by atoms with Gasteiger partial charge in [-0.25, -0.2) is 0 Å². The molecule has 0 aromatic carbocycles. The number of allylic oxidation sites excluding steroid dienone is 1. The lowest BCUT2D eigenvalue weighted by Gasteiger charge is -2.49. The number of Topliss-reactive ketones (excluding diaryl/α,β-unsaturated/α-hetero) is 1. The maximum absolute atomic E-state index is 12.4. The first-order valence-corrected chi connectivity index (χ1v) is 9.26. The second-order valence-corrected chi connectivity index (χ2v) is 8.79. The average Bonchev–Trinajstić information content (AvgIpc) is 2.94. The lowest BCUT2D eigenvalue weighted by molar-refractivity contribution is -0.148. The lowest BCUT2D eigenvalue weighted by Crippen LogP contribution is -2.44. The van der Waals surface area contributed by atoms with Crippen molar-refractivity contribution in [1.82, 2.24) is 0 Å². The van der Waals surface area contributed by atoms with Crippen molar-refractivity contribution in [2.75, 3.05) is 0 Å². The van der Waals surface area contributed by atoms with Crippen molar-refractivity contribution < 1.29 is 14.3 Å². The number of ether oxygens (including phenoxy) is 1. The third-order valence-electron chi connectivity index (χ3n) is 7.75. The molecular formula is C20H28O3. The van der Waals surface area contributed by atoms with Gasteiger partial charge in [-0.05, 0) is 55.3 Å². The Morgan fingerprint density at radius 2 is 1.83 bits per heavy atom. The van der Waals surface area contributed by atoms with Crippen LogP contribution in [0.25, 0.3) is 0 Å². The Bertz CT molecular complexity index is 592. The Balaban J connectivity index is 1.62. The summed E-state index contributed by atoms with van der Waals surface area (Å²) in [6.45, 7) is 6.15. The maximum atomic E-state index is 12.4. The van der Waals surface area contributed by atoms with Gasteiger partial charge in [0.15, 0.2) is 0 Å². The first kappa shape index (κ1) is 15.4. The molecule has 4 aliphatic rings. The summed E-state index contributed by atoms with van der Waals surface area (Å²) >= 11 is 0. The Kier molecular flexibility index (Phi) is 3.31. The van der Waals surface area contributed by atoms with E-state index in [0.717, 1.165) is 38.5 Å². The zero-order valence-electron chi connectivity index (χ0n) is 14.6. The largest absolute Gasteiger partial charge is 0.462 e. The summed E-state index contributed by atoms with van der Waals surface area (Å²) in [6.07, 6.45) is 9.67. The van der Waals surface area contributed by atoms with Crippen LogP contribution < -0.4 is 0 Å². The number of esters is 1. The van der Waals surface area contributed by atoms with Gasteiger partial charge in [-0.3, -0.25) is 9.59 Å². The summed E-state index contributed by atoms with van der Waals surface area (Å²) in [5, 5.41) is 0. The molecule has 0 heterocycles. The predicted molar refractivity (Wildman–Crippen MR) is 87.6 cm³/mol. The van der Waals surface area contributed by atoms with Crippen LogP contribution >= 0.6 is 0 Å². The Hall–Kier alpha value is -1.12. The Morgan fingerprint density at radius 3 is 2.57 bits per heavy atom. The van der Waals surface area contributed by atoms with Gasteiger partial charge in [0.2, 0.25) is 0 Å². The van der Waals surface area contributed by atoms with E-state index in [-0.39, 0.29) is 22.9 Å². The standard InChI is InChI=1S/C20H28O3/c1-12(21)23-14-6-8-19(2)13(10-14)11-15-16-4-5-18(22)20(16,3)9-7-17(15)19/h11,14-17H,4-10H2,1-3H3/t14-,15-,16+,17+,19-,20+/m1/s1. The zero-order chi connectivity index (χ0) is 16.4. The molecule has 3 fully saturated rings. The number of ketones is 1. The van der Waals surface area contributed by atoms with Crippen molar-refractivity contribution in [3.8, 4) is 0 Å². The van der Waals surface area contributed by atoms with E-state index in [4.69, 9.17) is 4.74 Å². The third kappa shape index (κ3) is 2.08. The normalized spacial score (nSPS) is 48.3. The van der Waals surface area contributed by atoms with Gasteiger partial charge in [-0.1, -0.05) is 25.5 Å². The van der Waals surface area contributed by atoms with Gasteiger partial charge < -0.3 is 4.74 Å². The minimum atomic E-state index is -0.163. The number of rotatable bonds is 1. The molecule has 3 nitrogen and oxygen atoms in total. The van der Waals surface area contributed by atoms with Crippen LogP contribution in [0.1, 0.15) is 65.7 Å². The Labute approximate surface area is 138 Å². The van der Waals surface area contributed by atoms with Gasteiger partial charge in [0.25, 0.3) is 0 Å². The molecule has 23 heavy (non-hydrogen) atoms. The molecule has 0 spiro atoms. The van der Waals surface area contributed by atoms with Crippen molar-refractivity contribution >= 4 is 11.8 Å². The quantitative estimate of drug-likeness (QED) is 0.541. The highest BCUT2D eigenvalue weighted by atomic mass is 16.5. The second kappa shape index (κ2) is 4.94. The molecule has 0 radical (unpaired) electrons. The molecular weight excluding hydrogens is 288 g/mol. The minimum Gasteiger partial charge on any atom is -0.462 e. The maximum Gasteiger partial charge on any atom is 0.302 e. The Morgan fingerprint density at radius 1 is 1.13 bits per heavy atom. The molecule has 3 saturated carbocycles. The first-order valence-electron chi connectivity index (χ1n) is 9.26. The molecule has 0 aromatic heterocycles. The van der Waals surface area contributed by atoms with Crippen molar-refractivity contribution in [1.29, 1.82) is 0 Å². The number of carbonyl (C=O) groups excluding carboxylic acids is 2. The first-order chi connectivity index (χ1) is 10.8.